The molecule has 2 amide bonds. The third kappa shape index (κ3) is 7.30. The number of methoxy groups -OCH3 is 2. The van der Waals surface area contributed by atoms with Crippen LogP contribution >= 0.6 is 15.9 Å². The zero-order chi connectivity index (χ0) is 28.6. The van der Waals surface area contributed by atoms with Gasteiger partial charge in [0.05, 0.1) is 24.8 Å². The smallest absolute Gasteiger partial charge is 0.264 e. The van der Waals surface area contributed by atoms with E-state index in [1.807, 2.05) is 24.3 Å². The van der Waals surface area contributed by atoms with Crippen molar-refractivity contribution in [3.63, 3.8) is 0 Å². The van der Waals surface area contributed by atoms with Gasteiger partial charge in [-0.2, -0.15) is 0 Å². The van der Waals surface area contributed by atoms with Gasteiger partial charge in [-0.1, -0.05) is 40.2 Å². The zero-order valence-corrected chi connectivity index (χ0v) is 24.7. The minimum absolute atomic E-state index is 0.0303. The van der Waals surface area contributed by atoms with Gasteiger partial charge >= 0.3 is 0 Å². The van der Waals surface area contributed by atoms with Crippen molar-refractivity contribution in [3.8, 4) is 11.5 Å². The van der Waals surface area contributed by atoms with Crippen LogP contribution in [0.1, 0.15) is 19.4 Å². The Morgan fingerprint density at radius 2 is 1.67 bits per heavy atom. The molecule has 1 unspecified atom stereocenters. The Labute approximate surface area is 237 Å². The molecule has 9 nitrogen and oxygen atoms in total. The van der Waals surface area contributed by atoms with Gasteiger partial charge in [0.25, 0.3) is 10.0 Å². The highest BCUT2D eigenvalue weighted by Crippen LogP contribution is 2.33. The van der Waals surface area contributed by atoms with Gasteiger partial charge < -0.3 is 19.7 Å². The van der Waals surface area contributed by atoms with E-state index in [9.17, 15) is 18.0 Å². The van der Waals surface area contributed by atoms with Crippen LogP contribution in [0.4, 0.5) is 5.69 Å². The predicted molar refractivity (Wildman–Crippen MR) is 153 cm³/mol. The van der Waals surface area contributed by atoms with Gasteiger partial charge in [0.15, 0.2) is 0 Å². The number of anilines is 1. The Morgan fingerprint density at radius 3 is 2.28 bits per heavy atom. The Bertz CT molecular complexity index is 1400. The third-order valence-electron chi connectivity index (χ3n) is 6.04. The lowest BCUT2D eigenvalue weighted by Gasteiger charge is -2.32. The predicted octanol–water partition coefficient (Wildman–Crippen LogP) is 4.22. The van der Waals surface area contributed by atoms with Gasteiger partial charge in [0, 0.05) is 17.6 Å². The van der Waals surface area contributed by atoms with E-state index in [0.29, 0.717) is 12.3 Å². The highest BCUT2D eigenvalue weighted by atomic mass is 79.9. The SMILES string of the molecule is CCNC(=O)C(C)N(Cc1cccc(Br)c1)C(=O)CN(c1ccccc1OC)S(=O)(=O)c1ccc(OC)cc1. The van der Waals surface area contributed by atoms with Crippen molar-refractivity contribution in [3.05, 3.63) is 82.8 Å². The number of rotatable bonds is 12. The van der Waals surface area contributed by atoms with Gasteiger partial charge in [-0.25, -0.2) is 8.42 Å². The largest absolute Gasteiger partial charge is 0.497 e. The maximum atomic E-state index is 13.9. The van der Waals surface area contributed by atoms with E-state index in [0.717, 1.165) is 14.3 Å². The van der Waals surface area contributed by atoms with Gasteiger partial charge in [-0.3, -0.25) is 13.9 Å². The number of para-hydroxylation sites is 2. The van der Waals surface area contributed by atoms with Crippen molar-refractivity contribution in [1.82, 2.24) is 10.2 Å². The fourth-order valence-corrected chi connectivity index (χ4v) is 5.83. The fourth-order valence-electron chi connectivity index (χ4n) is 3.96. The molecule has 0 saturated heterocycles. The lowest BCUT2D eigenvalue weighted by molar-refractivity contribution is -0.139. The molecule has 0 radical (unpaired) electrons. The lowest BCUT2D eigenvalue weighted by atomic mass is 10.1. The van der Waals surface area contributed by atoms with Crippen molar-refractivity contribution in [1.29, 1.82) is 0 Å². The van der Waals surface area contributed by atoms with Crippen LogP contribution in [0.25, 0.3) is 0 Å². The number of amides is 2. The number of carbonyl (C=O) groups is 2. The maximum absolute atomic E-state index is 13.9. The Balaban J connectivity index is 2.07. The zero-order valence-electron chi connectivity index (χ0n) is 22.3. The quantitative estimate of drug-likeness (QED) is 0.326. The lowest BCUT2D eigenvalue weighted by Crippen LogP contribution is -2.51. The van der Waals surface area contributed by atoms with E-state index < -0.39 is 28.5 Å². The minimum Gasteiger partial charge on any atom is -0.497 e. The third-order valence-corrected chi connectivity index (χ3v) is 8.31. The highest BCUT2D eigenvalue weighted by molar-refractivity contribution is 9.10. The summed E-state index contributed by atoms with van der Waals surface area (Å²) in [6.45, 7) is 3.33. The van der Waals surface area contributed by atoms with Crippen LogP contribution in [0.15, 0.2) is 82.2 Å². The highest BCUT2D eigenvalue weighted by Gasteiger charge is 2.33. The molecule has 11 heteroatoms. The summed E-state index contributed by atoms with van der Waals surface area (Å²) in [4.78, 5) is 28.1. The molecule has 0 fully saturated rings. The first-order valence-corrected chi connectivity index (χ1v) is 14.5. The molecule has 39 heavy (non-hydrogen) atoms. The first kappa shape index (κ1) is 30.0. The number of carbonyl (C=O) groups excluding carboxylic acids is 2. The van der Waals surface area contributed by atoms with Gasteiger partial charge in [0.2, 0.25) is 11.8 Å². The summed E-state index contributed by atoms with van der Waals surface area (Å²) in [5, 5.41) is 2.74. The molecule has 0 aliphatic rings. The van der Waals surface area contributed by atoms with Crippen LogP contribution in [-0.4, -0.2) is 58.5 Å². The van der Waals surface area contributed by atoms with E-state index in [2.05, 4.69) is 21.2 Å². The molecule has 0 heterocycles. The van der Waals surface area contributed by atoms with Gasteiger partial charge in [-0.15, -0.1) is 0 Å². The summed E-state index contributed by atoms with van der Waals surface area (Å²) in [6.07, 6.45) is 0. The topological polar surface area (TPSA) is 105 Å². The molecule has 0 aliphatic heterocycles. The average molecular weight is 619 g/mol. The number of ether oxygens (including phenoxy) is 2. The molecule has 0 spiro atoms. The van der Waals surface area contributed by atoms with E-state index in [4.69, 9.17) is 9.47 Å². The summed E-state index contributed by atoms with van der Waals surface area (Å²) in [7, 11) is -1.32. The van der Waals surface area contributed by atoms with Gasteiger partial charge in [0.1, 0.15) is 24.1 Å². The van der Waals surface area contributed by atoms with Crippen LogP contribution in [-0.2, 0) is 26.2 Å². The van der Waals surface area contributed by atoms with Crippen molar-refractivity contribution in [2.24, 2.45) is 0 Å². The van der Waals surface area contributed by atoms with Crippen LogP contribution in [0, 0.1) is 0 Å². The van der Waals surface area contributed by atoms with Crippen molar-refractivity contribution in [2.75, 3.05) is 31.6 Å². The summed E-state index contributed by atoms with van der Waals surface area (Å²) in [5.41, 5.74) is 0.966. The molecule has 0 aliphatic carbocycles. The van der Waals surface area contributed by atoms with E-state index in [1.165, 1.54) is 43.4 Å². The first-order chi connectivity index (χ1) is 18.6. The molecule has 3 aromatic rings. The number of halogens is 1. The number of nitrogens with one attached hydrogen (secondary N) is 1. The molecule has 208 valence electrons. The normalized spacial score (nSPS) is 11.8. The Hall–Kier alpha value is -3.57. The molecule has 3 rings (SSSR count). The van der Waals surface area contributed by atoms with Crippen molar-refractivity contribution in [2.45, 2.75) is 31.3 Å². The van der Waals surface area contributed by atoms with Crippen molar-refractivity contribution < 1.29 is 27.5 Å². The first-order valence-electron chi connectivity index (χ1n) is 12.2. The van der Waals surface area contributed by atoms with Crippen LogP contribution in [0.5, 0.6) is 11.5 Å². The van der Waals surface area contributed by atoms with E-state index in [1.54, 1.807) is 38.1 Å². The minimum atomic E-state index is -4.23. The Kier molecular flexibility index (Phi) is 10.4. The molecular weight excluding hydrogens is 586 g/mol. The van der Waals surface area contributed by atoms with Crippen LogP contribution in [0.3, 0.4) is 0 Å². The molecular formula is C28H32BrN3O6S. The number of benzene rings is 3. The number of sulfonamides is 1. The second-order valence-electron chi connectivity index (χ2n) is 8.58. The summed E-state index contributed by atoms with van der Waals surface area (Å²) in [6, 6.07) is 19.0. The van der Waals surface area contributed by atoms with Crippen LogP contribution < -0.4 is 19.1 Å². The Morgan fingerprint density at radius 1 is 0.974 bits per heavy atom. The fraction of sp³-hybridized carbons (Fsp3) is 0.286. The number of likely N-dealkylation sites (N-methyl/N-ethyl adjacent to an activating group) is 1. The summed E-state index contributed by atoms with van der Waals surface area (Å²) in [5.74, 6) is -0.137. The standard InChI is InChI=1S/C28H32BrN3O6S/c1-5-30-28(34)20(2)31(18-21-9-8-10-22(29)17-21)27(33)19-32(25-11-6-7-12-26(25)38-4)39(35,36)24-15-13-23(37-3)14-16-24/h6-17,20H,5,18-19H2,1-4H3,(H,30,34). The molecule has 3 aromatic carbocycles. The molecule has 0 aromatic heterocycles. The summed E-state index contributed by atoms with van der Waals surface area (Å²) >= 11 is 3.44. The summed E-state index contributed by atoms with van der Waals surface area (Å²) < 4.78 is 40.3. The second-order valence-corrected chi connectivity index (χ2v) is 11.4. The monoisotopic (exact) mass is 617 g/mol. The number of hydrogen-bond donors (Lipinski definition) is 1. The maximum Gasteiger partial charge on any atom is 0.264 e. The molecule has 1 atom stereocenters. The molecule has 1 N–H and O–H groups in total. The van der Waals surface area contributed by atoms with E-state index in [-0.39, 0.29) is 28.8 Å². The van der Waals surface area contributed by atoms with Crippen molar-refractivity contribution >= 4 is 43.5 Å². The average Bonchev–Trinajstić information content (AvgIpc) is 2.94. The van der Waals surface area contributed by atoms with Gasteiger partial charge in [-0.05, 0) is 67.9 Å². The number of hydrogen-bond acceptors (Lipinski definition) is 6. The number of nitrogens with zero attached hydrogens (tertiary/aromatic N) is 2. The second kappa shape index (κ2) is 13.5. The molecule has 0 bridgehead atoms. The van der Waals surface area contributed by atoms with Crippen LogP contribution in [0.2, 0.25) is 0 Å². The molecule has 0 saturated carbocycles. The van der Waals surface area contributed by atoms with E-state index >= 15 is 0 Å².